The molecule has 39 heavy (non-hydrogen) atoms. The van der Waals surface area contributed by atoms with E-state index in [4.69, 9.17) is 23.2 Å². The van der Waals surface area contributed by atoms with Crippen LogP contribution in [-0.2, 0) is 28.3 Å². The Balaban J connectivity index is 1.57. The molecule has 206 valence electrons. The van der Waals surface area contributed by atoms with E-state index < -0.39 is 6.04 Å². The third-order valence-corrected chi connectivity index (χ3v) is 8.69. The van der Waals surface area contributed by atoms with Crippen molar-refractivity contribution >= 4 is 46.8 Å². The molecule has 0 spiro atoms. The Morgan fingerprint density at radius 2 is 1.59 bits per heavy atom. The maximum atomic E-state index is 13.8. The Morgan fingerprint density at radius 3 is 2.28 bits per heavy atom. The number of carbonyl (C=O) groups is 2. The minimum atomic E-state index is -0.692. The van der Waals surface area contributed by atoms with Gasteiger partial charge in [-0.05, 0) is 53.8 Å². The van der Waals surface area contributed by atoms with Crippen LogP contribution in [0.2, 0.25) is 10.0 Å². The molecule has 0 unspecified atom stereocenters. The number of nitrogens with one attached hydrogen (secondary N) is 1. The average molecular weight is 588 g/mol. The fourth-order valence-electron chi connectivity index (χ4n) is 4.85. The molecule has 0 aliphatic heterocycles. The van der Waals surface area contributed by atoms with Crippen molar-refractivity contribution in [2.24, 2.45) is 0 Å². The van der Waals surface area contributed by atoms with Gasteiger partial charge in [-0.15, -0.1) is 11.8 Å². The third-order valence-electron chi connectivity index (χ3n) is 6.97. The van der Waals surface area contributed by atoms with Crippen LogP contribution in [0, 0.1) is 5.82 Å². The molecule has 8 heteroatoms. The first kappa shape index (κ1) is 29.4. The summed E-state index contributed by atoms with van der Waals surface area (Å²) in [7, 11) is 0. The largest absolute Gasteiger partial charge is 0.352 e. The van der Waals surface area contributed by atoms with Crippen molar-refractivity contribution in [3.05, 3.63) is 105 Å². The summed E-state index contributed by atoms with van der Waals surface area (Å²) in [6.45, 7) is 0.225. The second-order valence-electron chi connectivity index (χ2n) is 9.94. The molecule has 3 aromatic carbocycles. The number of halogens is 3. The zero-order valence-corrected chi connectivity index (χ0v) is 24.1. The van der Waals surface area contributed by atoms with E-state index in [-0.39, 0.29) is 36.0 Å². The van der Waals surface area contributed by atoms with Crippen LogP contribution in [0.25, 0.3) is 0 Å². The van der Waals surface area contributed by atoms with Crippen LogP contribution in [0.3, 0.4) is 0 Å². The zero-order valence-electron chi connectivity index (χ0n) is 21.8. The smallest absolute Gasteiger partial charge is 0.243 e. The zero-order chi connectivity index (χ0) is 27.6. The summed E-state index contributed by atoms with van der Waals surface area (Å²) in [6, 6.07) is 20.8. The van der Waals surface area contributed by atoms with Crippen LogP contribution in [0.5, 0.6) is 0 Å². The van der Waals surface area contributed by atoms with E-state index >= 15 is 0 Å². The summed E-state index contributed by atoms with van der Waals surface area (Å²) in [5.41, 5.74) is 2.71. The predicted molar refractivity (Wildman–Crippen MR) is 159 cm³/mol. The Hall–Kier alpha value is -2.54. The van der Waals surface area contributed by atoms with Crippen LogP contribution < -0.4 is 5.32 Å². The highest BCUT2D eigenvalue weighted by atomic mass is 35.5. The lowest BCUT2D eigenvalue weighted by atomic mass is 9.94. The molecule has 1 aliphatic rings. The van der Waals surface area contributed by atoms with E-state index in [1.54, 1.807) is 29.2 Å². The van der Waals surface area contributed by atoms with Crippen LogP contribution in [0.4, 0.5) is 4.39 Å². The summed E-state index contributed by atoms with van der Waals surface area (Å²) < 4.78 is 13.3. The second-order valence-corrected chi connectivity index (χ2v) is 11.7. The van der Waals surface area contributed by atoms with Crippen molar-refractivity contribution in [3.8, 4) is 0 Å². The molecule has 4 rings (SSSR count). The van der Waals surface area contributed by atoms with Gasteiger partial charge in [-0.2, -0.15) is 0 Å². The van der Waals surface area contributed by atoms with E-state index in [0.717, 1.165) is 42.4 Å². The molecule has 4 nitrogen and oxygen atoms in total. The normalized spacial score (nSPS) is 14.5. The maximum Gasteiger partial charge on any atom is 0.243 e. The quantitative estimate of drug-likeness (QED) is 0.254. The van der Waals surface area contributed by atoms with Gasteiger partial charge in [0.1, 0.15) is 11.9 Å². The summed E-state index contributed by atoms with van der Waals surface area (Å²) in [6.07, 6.45) is 5.69. The molecule has 3 aromatic rings. The summed E-state index contributed by atoms with van der Waals surface area (Å²) in [4.78, 5) is 29.3. The molecule has 0 aromatic heterocycles. The highest BCUT2D eigenvalue weighted by Gasteiger charge is 2.32. The fraction of sp³-hybridized carbons (Fsp3) is 0.355. The lowest BCUT2D eigenvalue weighted by Crippen LogP contribution is -2.53. The Kier molecular flexibility index (Phi) is 11.1. The topological polar surface area (TPSA) is 49.4 Å². The van der Waals surface area contributed by atoms with Gasteiger partial charge in [-0.25, -0.2) is 4.39 Å². The standard InChI is InChI=1S/C31H33Cl2FN2O2S/c32-27-16-13-24(17-28(27)33)19-36(30(37)21-39-20-23-11-14-25(34)15-12-23)29(18-22-7-3-1-4-8-22)31(38)35-26-9-5-2-6-10-26/h1,3-4,7-8,11-17,26,29H,2,5-6,9-10,18-21H2,(H,35,38)/t29-/m1/s1. The lowest BCUT2D eigenvalue weighted by molar-refractivity contribution is -0.139. The van der Waals surface area contributed by atoms with E-state index in [1.165, 1.54) is 30.3 Å². The van der Waals surface area contributed by atoms with Crippen molar-refractivity contribution in [2.75, 3.05) is 5.75 Å². The molecule has 2 amide bonds. The van der Waals surface area contributed by atoms with Gasteiger partial charge >= 0.3 is 0 Å². The molecule has 0 bridgehead atoms. The number of carbonyl (C=O) groups excluding carboxylic acids is 2. The molecule has 1 atom stereocenters. The molecule has 0 heterocycles. The van der Waals surface area contributed by atoms with E-state index in [1.807, 2.05) is 36.4 Å². The van der Waals surface area contributed by atoms with Gasteiger partial charge in [0.05, 0.1) is 15.8 Å². The fourth-order valence-corrected chi connectivity index (χ4v) is 6.04. The van der Waals surface area contributed by atoms with Gasteiger partial charge in [-0.1, -0.05) is 91.0 Å². The SMILES string of the molecule is O=C(NC1CCCCC1)[C@@H](Cc1ccccc1)N(Cc1ccc(Cl)c(Cl)c1)C(=O)CSCc1ccc(F)cc1. The van der Waals surface area contributed by atoms with Crippen LogP contribution in [-0.4, -0.2) is 34.6 Å². The van der Waals surface area contributed by atoms with Crippen molar-refractivity contribution < 1.29 is 14.0 Å². The van der Waals surface area contributed by atoms with Crippen molar-refractivity contribution in [2.45, 2.75) is 62.9 Å². The summed E-state index contributed by atoms with van der Waals surface area (Å²) in [5, 5.41) is 4.08. The number of rotatable bonds is 11. The van der Waals surface area contributed by atoms with E-state index in [2.05, 4.69) is 5.32 Å². The minimum Gasteiger partial charge on any atom is -0.352 e. The summed E-state index contributed by atoms with van der Waals surface area (Å²) in [5.74, 6) is 0.168. The first-order chi connectivity index (χ1) is 18.9. The van der Waals surface area contributed by atoms with Crippen molar-refractivity contribution in [3.63, 3.8) is 0 Å². The Bertz CT molecular complexity index is 1240. The van der Waals surface area contributed by atoms with Gasteiger partial charge in [0.25, 0.3) is 0 Å². The van der Waals surface area contributed by atoms with Crippen molar-refractivity contribution in [1.82, 2.24) is 10.2 Å². The minimum absolute atomic E-state index is 0.124. The highest BCUT2D eigenvalue weighted by Crippen LogP contribution is 2.25. The second kappa shape index (κ2) is 14.7. The summed E-state index contributed by atoms with van der Waals surface area (Å²) >= 11 is 13.9. The van der Waals surface area contributed by atoms with Crippen LogP contribution >= 0.6 is 35.0 Å². The molecule has 1 aliphatic carbocycles. The molecular weight excluding hydrogens is 554 g/mol. The third kappa shape index (κ3) is 8.99. The van der Waals surface area contributed by atoms with Gasteiger partial charge in [0.15, 0.2) is 0 Å². The molecule has 1 N–H and O–H groups in total. The van der Waals surface area contributed by atoms with E-state index in [9.17, 15) is 14.0 Å². The number of hydrogen-bond acceptors (Lipinski definition) is 3. The van der Waals surface area contributed by atoms with Gasteiger partial charge in [0.2, 0.25) is 11.8 Å². The number of nitrogens with zero attached hydrogens (tertiary/aromatic N) is 1. The van der Waals surface area contributed by atoms with Gasteiger partial charge in [0, 0.05) is 24.8 Å². The van der Waals surface area contributed by atoms with E-state index in [0.29, 0.717) is 22.2 Å². The molecule has 1 saturated carbocycles. The van der Waals surface area contributed by atoms with Gasteiger partial charge < -0.3 is 10.2 Å². The van der Waals surface area contributed by atoms with Crippen LogP contribution in [0.15, 0.2) is 72.8 Å². The highest BCUT2D eigenvalue weighted by molar-refractivity contribution is 7.99. The predicted octanol–water partition coefficient (Wildman–Crippen LogP) is 7.45. The first-order valence-corrected chi connectivity index (χ1v) is 15.2. The number of hydrogen-bond donors (Lipinski definition) is 1. The molecular formula is C31H33Cl2FN2O2S. The monoisotopic (exact) mass is 586 g/mol. The van der Waals surface area contributed by atoms with Crippen LogP contribution in [0.1, 0.15) is 48.8 Å². The Morgan fingerprint density at radius 1 is 0.897 bits per heavy atom. The molecule has 0 radical (unpaired) electrons. The average Bonchev–Trinajstić information content (AvgIpc) is 2.94. The molecule has 1 fully saturated rings. The molecule has 0 saturated heterocycles. The number of benzene rings is 3. The van der Waals surface area contributed by atoms with Gasteiger partial charge in [-0.3, -0.25) is 9.59 Å². The maximum absolute atomic E-state index is 13.8. The van der Waals surface area contributed by atoms with Crippen molar-refractivity contribution in [1.29, 1.82) is 0 Å². The number of thioether (sulfide) groups is 1. The lowest BCUT2D eigenvalue weighted by Gasteiger charge is -2.33. The first-order valence-electron chi connectivity index (χ1n) is 13.3. The number of amides is 2. The Labute approximate surface area is 244 Å².